The number of ketones is 1. The van der Waals surface area contributed by atoms with Gasteiger partial charge in [0.1, 0.15) is 0 Å². The minimum atomic E-state index is -1.60. The zero-order chi connectivity index (χ0) is 25.8. The first kappa shape index (κ1) is 24.8. The van der Waals surface area contributed by atoms with Crippen molar-refractivity contribution in [1.29, 1.82) is 0 Å². The lowest BCUT2D eigenvalue weighted by Crippen LogP contribution is -2.54. The second kappa shape index (κ2) is 10.6. The van der Waals surface area contributed by atoms with Crippen molar-refractivity contribution in [3.8, 4) is 11.5 Å². The number of hydrogen-bond donors (Lipinski definition) is 3. The molecule has 2 aliphatic heterocycles. The van der Waals surface area contributed by atoms with Crippen LogP contribution < -0.4 is 25.8 Å². The summed E-state index contributed by atoms with van der Waals surface area (Å²) < 4.78 is 11.1. The topological polar surface area (TPSA) is 101 Å². The molecule has 3 aromatic rings. The molecule has 1 atom stereocenters. The summed E-state index contributed by atoms with van der Waals surface area (Å²) in [5.41, 5.74) is 8.78. The van der Waals surface area contributed by atoms with Crippen LogP contribution in [0.4, 0.5) is 5.69 Å². The normalized spacial score (nSPS) is 19.0. The van der Waals surface area contributed by atoms with Crippen molar-refractivity contribution in [3.63, 3.8) is 0 Å². The number of fused-ring (bicyclic) bond motifs is 1. The van der Waals surface area contributed by atoms with Gasteiger partial charge in [0.2, 0.25) is 5.96 Å². The van der Waals surface area contributed by atoms with Gasteiger partial charge in [-0.1, -0.05) is 60.7 Å². The van der Waals surface area contributed by atoms with Crippen molar-refractivity contribution < 1.29 is 14.3 Å². The van der Waals surface area contributed by atoms with E-state index in [9.17, 15) is 4.79 Å². The lowest BCUT2D eigenvalue weighted by Gasteiger charge is -2.38. The Morgan fingerprint density at radius 1 is 0.973 bits per heavy atom. The zero-order valence-electron chi connectivity index (χ0n) is 21.2. The van der Waals surface area contributed by atoms with Gasteiger partial charge < -0.3 is 25.0 Å². The molecule has 0 aromatic heterocycles. The molecule has 4 N–H and O–H groups in total. The Morgan fingerprint density at radius 3 is 2.11 bits per heavy atom. The monoisotopic (exact) mass is 499 g/mol. The molecule has 192 valence electrons. The summed E-state index contributed by atoms with van der Waals surface area (Å²) in [6.07, 6.45) is 0.191. The van der Waals surface area contributed by atoms with Gasteiger partial charge in [0.15, 0.2) is 22.9 Å². The number of nitrogens with two attached hydrogens (primary N) is 1. The van der Waals surface area contributed by atoms with Crippen LogP contribution in [0.1, 0.15) is 29.0 Å². The van der Waals surface area contributed by atoms with E-state index >= 15 is 0 Å². The van der Waals surface area contributed by atoms with Gasteiger partial charge in [0.05, 0.1) is 19.9 Å². The average molecular weight is 500 g/mol. The van der Waals surface area contributed by atoms with Crippen LogP contribution in [0.5, 0.6) is 11.5 Å². The second-order valence-electron chi connectivity index (χ2n) is 9.32. The van der Waals surface area contributed by atoms with E-state index in [1.54, 1.807) is 20.3 Å². The Bertz CT molecular complexity index is 1240. The lowest BCUT2D eigenvalue weighted by atomic mass is 9.82. The number of ether oxygens (including phenoxy) is 2. The van der Waals surface area contributed by atoms with E-state index in [1.807, 2.05) is 66.7 Å². The number of aliphatic imine (C=N–C) groups is 1. The molecule has 0 saturated carbocycles. The third-order valence-corrected chi connectivity index (χ3v) is 7.10. The summed E-state index contributed by atoms with van der Waals surface area (Å²) in [4.78, 5) is 21.3. The summed E-state index contributed by atoms with van der Waals surface area (Å²) in [6, 6.07) is 23.7. The minimum absolute atomic E-state index is 0.161. The predicted octanol–water partition coefficient (Wildman–Crippen LogP) is 3.29. The van der Waals surface area contributed by atoms with Gasteiger partial charge in [-0.3, -0.25) is 10.5 Å². The van der Waals surface area contributed by atoms with E-state index in [2.05, 4.69) is 15.5 Å². The van der Waals surface area contributed by atoms with Crippen molar-refractivity contribution in [2.24, 2.45) is 10.7 Å². The van der Waals surface area contributed by atoms with Crippen molar-refractivity contribution >= 4 is 17.4 Å². The predicted molar refractivity (Wildman–Crippen MR) is 145 cm³/mol. The van der Waals surface area contributed by atoms with Crippen molar-refractivity contribution in [2.75, 3.05) is 45.7 Å². The number of piperazine rings is 1. The third-order valence-electron chi connectivity index (χ3n) is 7.10. The summed E-state index contributed by atoms with van der Waals surface area (Å²) in [5.74, 6) is 1.30. The van der Waals surface area contributed by atoms with Gasteiger partial charge in [-0.05, 0) is 17.2 Å². The summed E-state index contributed by atoms with van der Waals surface area (Å²) in [6.45, 7) is 3.18. The number of nitrogens with zero attached hydrogens (tertiary/aromatic N) is 2. The number of hydrogen-bond acceptors (Lipinski definition) is 8. The molecule has 5 rings (SSSR count). The van der Waals surface area contributed by atoms with E-state index in [-0.39, 0.29) is 18.1 Å². The van der Waals surface area contributed by atoms with Crippen LogP contribution in [0.25, 0.3) is 0 Å². The van der Waals surface area contributed by atoms with E-state index in [0.29, 0.717) is 28.7 Å². The summed E-state index contributed by atoms with van der Waals surface area (Å²) in [7, 11) is 3.15. The number of guanidine groups is 1. The fourth-order valence-corrected chi connectivity index (χ4v) is 5.05. The average Bonchev–Trinajstić information content (AvgIpc) is 2.96. The summed E-state index contributed by atoms with van der Waals surface area (Å²) >= 11 is 0. The Labute approximate surface area is 217 Å². The first-order valence-corrected chi connectivity index (χ1v) is 12.5. The van der Waals surface area contributed by atoms with Gasteiger partial charge >= 0.3 is 0 Å². The zero-order valence-corrected chi connectivity index (χ0v) is 21.2. The van der Waals surface area contributed by atoms with Crippen LogP contribution in [0.2, 0.25) is 0 Å². The highest BCUT2D eigenvalue weighted by Crippen LogP contribution is 2.42. The number of methoxy groups -OCH3 is 2. The standard InChI is InChI=1S/C29H33N5O3/c1-36-25-18-23-24(19-26(25)37-2)32-28(34-15-13-31-14-16-34)33-29(23,30)27(35)17-22(20-9-5-3-6-10-20)21-11-7-4-8-12-21/h3-12,18-19,22,31H,13-17,30H2,1-2H3,(H,32,33). The van der Waals surface area contributed by atoms with Crippen LogP contribution >= 0.6 is 0 Å². The van der Waals surface area contributed by atoms with Crippen LogP contribution in [0.3, 0.4) is 0 Å². The molecule has 3 aromatic carbocycles. The molecule has 0 radical (unpaired) electrons. The van der Waals surface area contributed by atoms with E-state index in [0.717, 1.165) is 37.3 Å². The molecule has 2 heterocycles. The molecular formula is C29H33N5O3. The number of rotatable bonds is 7. The third kappa shape index (κ3) is 4.90. The molecule has 0 bridgehead atoms. The number of carbonyl (C=O) groups is 1. The molecular weight excluding hydrogens is 466 g/mol. The van der Waals surface area contributed by atoms with Crippen molar-refractivity contribution in [3.05, 3.63) is 89.5 Å². The van der Waals surface area contributed by atoms with E-state index in [1.165, 1.54) is 0 Å². The molecule has 1 saturated heterocycles. The molecule has 0 amide bonds. The molecule has 8 heteroatoms. The molecule has 8 nitrogen and oxygen atoms in total. The van der Waals surface area contributed by atoms with Crippen LogP contribution in [-0.2, 0) is 10.5 Å². The lowest BCUT2D eigenvalue weighted by molar-refractivity contribution is -0.124. The van der Waals surface area contributed by atoms with E-state index < -0.39 is 5.66 Å². The maximum absolute atomic E-state index is 14.3. The maximum Gasteiger partial charge on any atom is 0.201 e. The fourth-order valence-electron chi connectivity index (χ4n) is 5.05. The van der Waals surface area contributed by atoms with Gasteiger partial charge in [-0.15, -0.1) is 0 Å². The van der Waals surface area contributed by atoms with E-state index in [4.69, 9.17) is 20.2 Å². The molecule has 1 unspecified atom stereocenters. The Balaban J connectivity index is 1.58. The Kier molecular flexibility index (Phi) is 7.12. The minimum Gasteiger partial charge on any atom is -0.493 e. The van der Waals surface area contributed by atoms with Crippen LogP contribution in [0, 0.1) is 0 Å². The largest absolute Gasteiger partial charge is 0.493 e. The highest BCUT2D eigenvalue weighted by molar-refractivity contribution is 6.03. The molecule has 37 heavy (non-hydrogen) atoms. The molecule has 0 spiro atoms. The molecule has 0 aliphatic carbocycles. The fraction of sp³-hybridized carbons (Fsp3) is 0.310. The van der Waals surface area contributed by atoms with Crippen LogP contribution in [-0.4, -0.2) is 57.0 Å². The smallest absolute Gasteiger partial charge is 0.201 e. The van der Waals surface area contributed by atoms with Gasteiger partial charge in [0.25, 0.3) is 0 Å². The Hall–Kier alpha value is -3.88. The number of Topliss-reactive ketones (excluding diaryl/α,β-unsaturated/α-hetero) is 1. The highest BCUT2D eigenvalue weighted by Gasteiger charge is 2.43. The first-order valence-electron chi connectivity index (χ1n) is 12.5. The quantitative estimate of drug-likeness (QED) is 0.459. The number of benzene rings is 3. The molecule has 2 aliphatic rings. The maximum atomic E-state index is 14.3. The van der Waals surface area contributed by atoms with Crippen molar-refractivity contribution in [2.45, 2.75) is 18.0 Å². The van der Waals surface area contributed by atoms with Gasteiger partial charge in [-0.2, -0.15) is 0 Å². The SMILES string of the molecule is COc1cc2c(cc1OC)C(N)(C(=O)CC(c1ccccc1)c1ccccc1)N=C(N1CCNCC1)N2. The van der Waals surface area contributed by atoms with Gasteiger partial charge in [-0.25, -0.2) is 4.99 Å². The summed E-state index contributed by atoms with van der Waals surface area (Å²) in [5, 5.41) is 6.75. The number of nitrogens with one attached hydrogen (secondary N) is 2. The van der Waals surface area contributed by atoms with Crippen LogP contribution in [0.15, 0.2) is 77.8 Å². The Morgan fingerprint density at radius 2 is 1.54 bits per heavy atom. The van der Waals surface area contributed by atoms with Crippen molar-refractivity contribution in [1.82, 2.24) is 10.2 Å². The second-order valence-corrected chi connectivity index (χ2v) is 9.32. The number of anilines is 1. The number of carbonyl (C=O) groups excluding carboxylic acids is 1. The highest BCUT2D eigenvalue weighted by atomic mass is 16.5. The first-order chi connectivity index (χ1) is 18.0. The van der Waals surface area contributed by atoms with Gasteiger partial charge in [0, 0.05) is 50.1 Å². The molecule has 1 fully saturated rings.